The molecule has 0 bridgehead atoms. The molecule has 1 unspecified atom stereocenters. The van der Waals surface area contributed by atoms with Crippen molar-refractivity contribution in [3.05, 3.63) is 11.6 Å². The van der Waals surface area contributed by atoms with Gasteiger partial charge in [-0.25, -0.2) is 0 Å². The summed E-state index contributed by atoms with van der Waals surface area (Å²) in [6, 6.07) is 0. The van der Waals surface area contributed by atoms with Crippen LogP contribution in [0.5, 0.6) is 0 Å². The number of carbonyl (C=O) groups excluding carboxylic acids is 2. The van der Waals surface area contributed by atoms with Crippen molar-refractivity contribution >= 4 is 19.6 Å². The fourth-order valence-electron chi connectivity index (χ4n) is 5.63. The highest BCUT2D eigenvalue weighted by Crippen LogP contribution is 2.64. The van der Waals surface area contributed by atoms with Crippen LogP contribution in [0.1, 0.15) is 59.3 Å². The molecule has 0 saturated heterocycles. The molecule has 3 aliphatic carbocycles. The minimum atomic E-state index is -1.44. The van der Waals surface area contributed by atoms with Crippen molar-refractivity contribution in [1.29, 1.82) is 0 Å². The summed E-state index contributed by atoms with van der Waals surface area (Å²) in [5.41, 5.74) is 3.85. The highest BCUT2D eigenvalue weighted by atomic mass is 28.3. The van der Waals surface area contributed by atoms with Gasteiger partial charge in [0.2, 0.25) is 0 Å². The van der Waals surface area contributed by atoms with Crippen LogP contribution in [-0.4, -0.2) is 19.6 Å². The molecule has 0 aromatic carbocycles. The van der Waals surface area contributed by atoms with E-state index in [-0.39, 0.29) is 27.9 Å². The van der Waals surface area contributed by atoms with Gasteiger partial charge in [0.05, 0.1) is 5.41 Å². The molecule has 2 nitrogen and oxygen atoms in total. The monoisotopic (exact) mass is 380 g/mol. The van der Waals surface area contributed by atoms with Crippen LogP contribution in [0.25, 0.3) is 0 Å². The Morgan fingerprint density at radius 1 is 1.00 bits per heavy atom. The first-order valence-electron chi connectivity index (χ1n) is 10.2. The molecule has 144 valence electrons. The lowest BCUT2D eigenvalue weighted by Gasteiger charge is -2.59. The zero-order valence-corrected chi connectivity index (χ0v) is 18.7. The second-order valence-corrected chi connectivity index (χ2v) is 15.3. The van der Waals surface area contributed by atoms with Gasteiger partial charge in [0.15, 0.2) is 5.78 Å². The number of Topliss-reactive ketones (excluding diaryl/α,β-unsaturated/α-hetero) is 1. The van der Waals surface area contributed by atoms with Gasteiger partial charge in [0.25, 0.3) is 0 Å². The lowest BCUT2D eigenvalue weighted by atomic mass is 9.44. The summed E-state index contributed by atoms with van der Waals surface area (Å²) < 4.78 is 0. The highest BCUT2D eigenvalue weighted by Gasteiger charge is 2.59. The molecule has 2 fully saturated rings. The van der Waals surface area contributed by atoms with Gasteiger partial charge < -0.3 is 0 Å². The predicted octanol–water partition coefficient (Wildman–Crippen LogP) is 4.95. The summed E-state index contributed by atoms with van der Waals surface area (Å²) in [5, 5.41) is 0. The quantitative estimate of drug-likeness (QED) is 0.440. The third-order valence-electron chi connectivity index (χ3n) is 7.13. The Morgan fingerprint density at radius 3 is 2.37 bits per heavy atom. The van der Waals surface area contributed by atoms with E-state index in [1.165, 1.54) is 5.57 Å². The maximum atomic E-state index is 12.6. The van der Waals surface area contributed by atoms with Gasteiger partial charge >= 0.3 is 0 Å². The van der Waals surface area contributed by atoms with E-state index >= 15 is 0 Å². The van der Waals surface area contributed by atoms with E-state index in [0.29, 0.717) is 18.6 Å². The van der Waals surface area contributed by atoms with Crippen LogP contribution in [0.15, 0.2) is 11.6 Å². The first-order valence-corrected chi connectivity index (χ1v) is 13.7. The van der Waals surface area contributed by atoms with Crippen molar-refractivity contribution in [2.75, 3.05) is 0 Å². The zero-order chi connectivity index (χ0) is 20.1. The fourth-order valence-corrected chi connectivity index (χ4v) is 6.07. The molecule has 0 radical (unpaired) electrons. The summed E-state index contributed by atoms with van der Waals surface area (Å²) in [4.78, 5) is 24.9. The molecule has 0 N–H and O–H groups in total. The molecule has 0 amide bonds. The first kappa shape index (κ1) is 20.2. The van der Waals surface area contributed by atoms with Gasteiger partial charge in [-0.2, -0.15) is 0 Å². The second kappa shape index (κ2) is 6.49. The number of allylic oxidation sites excluding steroid dienone is 2. The lowest BCUT2D eigenvalue weighted by molar-refractivity contribution is -0.141. The SMILES string of the molecule is CC1(C)C(=O)CC[C@]2(C)C3=CC(=O)CC[C@]3(C#CC#C[Si](C)(C)C)CCC12. The Labute approximate surface area is 165 Å². The molecular weight excluding hydrogens is 348 g/mol. The number of hydrogen-bond acceptors (Lipinski definition) is 2. The van der Waals surface area contributed by atoms with Crippen LogP contribution < -0.4 is 0 Å². The first-order chi connectivity index (χ1) is 12.4. The molecule has 3 atom stereocenters. The summed E-state index contributed by atoms with van der Waals surface area (Å²) in [6.45, 7) is 13.1. The minimum absolute atomic E-state index is 0.118. The topological polar surface area (TPSA) is 34.1 Å². The lowest BCUT2D eigenvalue weighted by Crippen LogP contribution is -2.54. The summed E-state index contributed by atoms with van der Waals surface area (Å²) in [6.07, 6.45) is 6.63. The molecule has 3 aliphatic rings. The van der Waals surface area contributed by atoms with Crippen LogP contribution in [0, 0.1) is 45.5 Å². The van der Waals surface area contributed by atoms with E-state index in [1.54, 1.807) is 0 Å². The molecule has 0 heterocycles. The smallest absolute Gasteiger partial charge is 0.155 e. The number of hydrogen-bond donors (Lipinski definition) is 0. The third-order valence-corrected chi connectivity index (χ3v) is 8.00. The number of rotatable bonds is 0. The molecule has 3 heteroatoms. The van der Waals surface area contributed by atoms with Crippen LogP contribution in [0.3, 0.4) is 0 Å². The molecular formula is C24H32O2Si. The van der Waals surface area contributed by atoms with Crippen molar-refractivity contribution < 1.29 is 9.59 Å². The number of ketones is 2. The molecule has 0 aromatic heterocycles. The van der Waals surface area contributed by atoms with Crippen LogP contribution >= 0.6 is 0 Å². The Balaban J connectivity index is 2.06. The van der Waals surface area contributed by atoms with Crippen molar-refractivity contribution in [3.63, 3.8) is 0 Å². The van der Waals surface area contributed by atoms with Gasteiger partial charge in [-0.05, 0) is 60.5 Å². The van der Waals surface area contributed by atoms with Crippen LogP contribution in [-0.2, 0) is 9.59 Å². The van der Waals surface area contributed by atoms with E-state index in [1.807, 2.05) is 6.08 Å². The highest BCUT2D eigenvalue weighted by molar-refractivity contribution is 6.83. The average molecular weight is 381 g/mol. The summed E-state index contributed by atoms with van der Waals surface area (Å²) in [7, 11) is -1.44. The van der Waals surface area contributed by atoms with Crippen LogP contribution in [0.4, 0.5) is 0 Å². The molecule has 0 spiro atoms. The fraction of sp³-hybridized carbons (Fsp3) is 0.667. The van der Waals surface area contributed by atoms with E-state index in [2.05, 4.69) is 63.7 Å². The summed E-state index contributed by atoms with van der Waals surface area (Å²) in [5.74, 6) is 10.7. The Hall–Kier alpha value is -1.58. The molecule has 27 heavy (non-hydrogen) atoms. The van der Waals surface area contributed by atoms with Gasteiger partial charge in [0.1, 0.15) is 13.9 Å². The minimum Gasteiger partial charge on any atom is -0.299 e. The normalized spacial score (nSPS) is 34.9. The van der Waals surface area contributed by atoms with Gasteiger partial charge in [-0.1, -0.05) is 46.3 Å². The van der Waals surface area contributed by atoms with Crippen molar-refractivity contribution in [1.82, 2.24) is 0 Å². The largest absolute Gasteiger partial charge is 0.299 e. The Kier molecular flexibility index (Phi) is 4.85. The summed E-state index contributed by atoms with van der Waals surface area (Å²) >= 11 is 0. The van der Waals surface area contributed by atoms with Gasteiger partial charge in [0, 0.05) is 18.3 Å². The predicted molar refractivity (Wildman–Crippen MR) is 113 cm³/mol. The average Bonchev–Trinajstić information content (AvgIpc) is 2.56. The Bertz CT molecular complexity index is 834. The van der Waals surface area contributed by atoms with E-state index < -0.39 is 8.07 Å². The van der Waals surface area contributed by atoms with Crippen molar-refractivity contribution in [2.24, 2.45) is 22.2 Å². The standard InChI is InChI=1S/C24H32O2Si/c1-22(2)19-10-15-24(12-7-8-16-27(4,5)6)14-9-18(25)17-20(24)23(19,3)13-11-21(22)26/h17,19H,9-11,13-15H2,1-6H3/t19?,23-,24+/m0/s1. The van der Waals surface area contributed by atoms with Crippen molar-refractivity contribution in [2.45, 2.75) is 78.9 Å². The number of fused-ring (bicyclic) bond motifs is 3. The van der Waals surface area contributed by atoms with Gasteiger partial charge in [-0.15, -0.1) is 5.54 Å². The zero-order valence-electron chi connectivity index (χ0n) is 17.7. The second-order valence-electron chi connectivity index (χ2n) is 10.5. The number of carbonyl (C=O) groups is 2. The molecule has 0 aromatic rings. The molecule has 3 rings (SSSR count). The third kappa shape index (κ3) is 3.48. The molecule has 2 saturated carbocycles. The van der Waals surface area contributed by atoms with Gasteiger partial charge in [-0.3, -0.25) is 9.59 Å². The van der Waals surface area contributed by atoms with E-state index in [0.717, 1.165) is 25.7 Å². The van der Waals surface area contributed by atoms with Crippen molar-refractivity contribution in [3.8, 4) is 23.3 Å². The maximum absolute atomic E-state index is 12.6. The molecule has 0 aliphatic heterocycles. The van der Waals surface area contributed by atoms with E-state index in [4.69, 9.17) is 0 Å². The van der Waals surface area contributed by atoms with E-state index in [9.17, 15) is 9.59 Å². The van der Waals surface area contributed by atoms with Crippen LogP contribution in [0.2, 0.25) is 19.6 Å². The maximum Gasteiger partial charge on any atom is 0.155 e. The Morgan fingerprint density at radius 2 is 1.70 bits per heavy atom.